The molecule has 0 radical (unpaired) electrons. The zero-order valence-corrected chi connectivity index (χ0v) is 11.2. The number of hydrogen-bond acceptors (Lipinski definition) is 5. The molecular weight excluding hydrogens is 262 g/mol. The second-order valence-corrected chi connectivity index (χ2v) is 5.01. The monoisotopic (exact) mass is 279 g/mol. The number of nitro benzene ring substituents is 1. The number of rotatable bonds is 3. The molecule has 1 aromatic rings. The molecule has 1 atom stereocenters. The smallest absolute Gasteiger partial charge is 0.311 e. The van der Waals surface area contributed by atoms with Crippen molar-refractivity contribution >= 4 is 11.6 Å². The number of hydrogen-bond donors (Lipinski definition) is 2. The van der Waals surface area contributed by atoms with Crippen molar-refractivity contribution in [3.63, 3.8) is 0 Å². The van der Waals surface area contributed by atoms with E-state index in [9.17, 15) is 20.0 Å². The van der Waals surface area contributed by atoms with Crippen LogP contribution in [0.2, 0.25) is 0 Å². The van der Waals surface area contributed by atoms with Crippen LogP contribution in [0.1, 0.15) is 23.2 Å². The molecule has 0 aliphatic carbocycles. The Morgan fingerprint density at radius 1 is 1.55 bits per heavy atom. The first kappa shape index (κ1) is 14.3. The van der Waals surface area contributed by atoms with E-state index in [-0.39, 0.29) is 11.6 Å². The number of aromatic hydroxyl groups is 1. The zero-order chi connectivity index (χ0) is 14.7. The van der Waals surface area contributed by atoms with Crippen LogP contribution in [0, 0.1) is 10.1 Å². The molecule has 0 spiro atoms. The molecule has 20 heavy (non-hydrogen) atoms. The summed E-state index contributed by atoms with van der Waals surface area (Å²) < 4.78 is 0. The highest BCUT2D eigenvalue weighted by Crippen LogP contribution is 2.29. The summed E-state index contributed by atoms with van der Waals surface area (Å²) in [5.74, 6) is -1.06. The van der Waals surface area contributed by atoms with Gasteiger partial charge in [-0.3, -0.25) is 14.9 Å². The van der Waals surface area contributed by atoms with Gasteiger partial charge >= 0.3 is 5.69 Å². The summed E-state index contributed by atoms with van der Waals surface area (Å²) in [7, 11) is 1.98. The van der Waals surface area contributed by atoms with E-state index >= 15 is 0 Å². The van der Waals surface area contributed by atoms with E-state index in [1.54, 1.807) is 0 Å². The lowest BCUT2D eigenvalue weighted by atomic mass is 10.1. The van der Waals surface area contributed by atoms with Gasteiger partial charge in [0, 0.05) is 18.7 Å². The molecule has 1 unspecified atom stereocenters. The molecule has 7 nitrogen and oxygen atoms in total. The summed E-state index contributed by atoms with van der Waals surface area (Å²) in [6.45, 7) is 1.73. The molecule has 1 aromatic carbocycles. The molecule has 0 saturated carbocycles. The van der Waals surface area contributed by atoms with Crippen molar-refractivity contribution in [3.05, 3.63) is 33.9 Å². The van der Waals surface area contributed by atoms with Crippen LogP contribution in [0.25, 0.3) is 0 Å². The molecule has 1 amide bonds. The predicted octanol–water partition coefficient (Wildman–Crippen LogP) is 1.12. The average molecular weight is 279 g/mol. The number of nitro groups is 1. The van der Waals surface area contributed by atoms with E-state index in [0.29, 0.717) is 0 Å². The van der Waals surface area contributed by atoms with Crippen molar-refractivity contribution in [2.45, 2.75) is 18.9 Å². The summed E-state index contributed by atoms with van der Waals surface area (Å²) in [5, 5.41) is 23.3. The van der Waals surface area contributed by atoms with Gasteiger partial charge in [-0.1, -0.05) is 6.07 Å². The number of piperidine rings is 1. The topological polar surface area (TPSA) is 95.7 Å². The highest BCUT2D eigenvalue weighted by molar-refractivity contribution is 5.98. The number of nitrogens with one attached hydrogen (secondary N) is 1. The Kier molecular flexibility index (Phi) is 4.19. The molecule has 1 aliphatic heterocycles. The van der Waals surface area contributed by atoms with Gasteiger partial charge in [-0.05, 0) is 32.5 Å². The zero-order valence-electron chi connectivity index (χ0n) is 11.2. The molecule has 7 heteroatoms. The van der Waals surface area contributed by atoms with Gasteiger partial charge in [0.15, 0.2) is 0 Å². The van der Waals surface area contributed by atoms with Crippen molar-refractivity contribution in [1.82, 2.24) is 10.2 Å². The van der Waals surface area contributed by atoms with Crippen molar-refractivity contribution in [1.29, 1.82) is 0 Å². The molecule has 1 saturated heterocycles. The van der Waals surface area contributed by atoms with E-state index < -0.39 is 22.3 Å². The van der Waals surface area contributed by atoms with Crippen LogP contribution in [-0.4, -0.2) is 47.0 Å². The Morgan fingerprint density at radius 3 is 2.95 bits per heavy atom. The van der Waals surface area contributed by atoms with Crippen LogP contribution in [0.5, 0.6) is 5.75 Å². The quantitative estimate of drug-likeness (QED) is 0.638. The molecule has 2 N–H and O–H groups in total. The maximum absolute atomic E-state index is 12.1. The minimum Gasteiger partial charge on any atom is -0.502 e. The molecule has 2 rings (SSSR count). The maximum Gasteiger partial charge on any atom is 0.311 e. The molecule has 1 fully saturated rings. The second-order valence-electron chi connectivity index (χ2n) is 5.01. The number of carbonyl (C=O) groups excluding carboxylic acids is 1. The van der Waals surface area contributed by atoms with Crippen LogP contribution in [0.15, 0.2) is 18.2 Å². The SMILES string of the molecule is CN1CCCC(NC(=O)c2cccc([N+](=O)[O-])c2O)C1. The van der Waals surface area contributed by atoms with Gasteiger partial charge in [-0.25, -0.2) is 0 Å². The Hall–Kier alpha value is -2.15. The third-order valence-corrected chi connectivity index (χ3v) is 3.42. The number of para-hydroxylation sites is 1. The number of benzene rings is 1. The molecule has 108 valence electrons. The van der Waals surface area contributed by atoms with E-state index in [4.69, 9.17) is 0 Å². The van der Waals surface area contributed by atoms with Crippen LogP contribution >= 0.6 is 0 Å². The van der Waals surface area contributed by atoms with Gasteiger partial charge in [-0.15, -0.1) is 0 Å². The first-order chi connectivity index (χ1) is 9.49. The van der Waals surface area contributed by atoms with Gasteiger partial charge < -0.3 is 15.3 Å². The lowest BCUT2D eigenvalue weighted by molar-refractivity contribution is -0.385. The molecule has 0 aromatic heterocycles. The summed E-state index contributed by atoms with van der Waals surface area (Å²) in [5.41, 5.74) is -0.522. The van der Waals surface area contributed by atoms with Gasteiger partial charge in [0.25, 0.3) is 5.91 Å². The lowest BCUT2D eigenvalue weighted by Crippen LogP contribution is -2.46. The second kappa shape index (κ2) is 5.87. The standard InChI is InChI=1S/C13H17N3O4/c1-15-7-3-4-9(8-15)14-13(18)10-5-2-6-11(12(10)17)16(19)20/h2,5-6,9,17H,3-4,7-8H2,1H3,(H,14,18). The van der Waals surface area contributed by atoms with Crippen molar-refractivity contribution < 1.29 is 14.8 Å². The lowest BCUT2D eigenvalue weighted by Gasteiger charge is -2.30. The van der Waals surface area contributed by atoms with E-state index in [2.05, 4.69) is 10.2 Å². The molecule has 1 aliphatic rings. The minimum atomic E-state index is -0.708. The summed E-state index contributed by atoms with van der Waals surface area (Å²) >= 11 is 0. The fourth-order valence-electron chi connectivity index (χ4n) is 2.41. The number of phenols is 1. The number of phenolic OH excluding ortho intramolecular Hbond substituents is 1. The van der Waals surface area contributed by atoms with E-state index in [0.717, 1.165) is 25.9 Å². The normalized spacial score (nSPS) is 19.6. The number of carbonyl (C=O) groups is 1. The van der Waals surface area contributed by atoms with Gasteiger partial charge in [0.1, 0.15) is 0 Å². The fraction of sp³-hybridized carbons (Fsp3) is 0.462. The van der Waals surface area contributed by atoms with E-state index in [1.807, 2.05) is 7.05 Å². The number of likely N-dealkylation sites (N-methyl/N-ethyl adjacent to an activating group) is 1. The summed E-state index contributed by atoms with van der Waals surface area (Å²) in [6, 6.07) is 3.93. The van der Waals surface area contributed by atoms with Gasteiger partial charge in [-0.2, -0.15) is 0 Å². The van der Waals surface area contributed by atoms with Gasteiger partial charge in [0.05, 0.1) is 10.5 Å². The molecule has 0 bridgehead atoms. The molecular formula is C13H17N3O4. The Labute approximate surface area is 116 Å². The van der Waals surface area contributed by atoms with Crippen LogP contribution in [0.3, 0.4) is 0 Å². The highest BCUT2D eigenvalue weighted by Gasteiger charge is 2.24. The maximum atomic E-state index is 12.1. The Bertz CT molecular complexity index is 532. The number of nitrogens with zero attached hydrogens (tertiary/aromatic N) is 2. The summed E-state index contributed by atoms with van der Waals surface area (Å²) in [6.07, 6.45) is 1.86. The molecule has 1 heterocycles. The van der Waals surface area contributed by atoms with Crippen molar-refractivity contribution in [2.24, 2.45) is 0 Å². The first-order valence-electron chi connectivity index (χ1n) is 6.45. The van der Waals surface area contributed by atoms with Crippen LogP contribution in [-0.2, 0) is 0 Å². The van der Waals surface area contributed by atoms with Crippen LogP contribution in [0.4, 0.5) is 5.69 Å². The van der Waals surface area contributed by atoms with Crippen molar-refractivity contribution in [3.8, 4) is 5.75 Å². The first-order valence-corrected chi connectivity index (χ1v) is 6.45. The Balaban J connectivity index is 2.13. The van der Waals surface area contributed by atoms with Crippen LogP contribution < -0.4 is 5.32 Å². The van der Waals surface area contributed by atoms with Gasteiger partial charge in [0.2, 0.25) is 5.75 Å². The third-order valence-electron chi connectivity index (χ3n) is 3.42. The average Bonchev–Trinajstić information content (AvgIpc) is 2.38. The third kappa shape index (κ3) is 3.05. The summed E-state index contributed by atoms with van der Waals surface area (Å²) in [4.78, 5) is 24.2. The fourth-order valence-corrected chi connectivity index (χ4v) is 2.41. The predicted molar refractivity (Wildman–Crippen MR) is 72.7 cm³/mol. The number of amides is 1. The Morgan fingerprint density at radius 2 is 2.30 bits per heavy atom. The highest BCUT2D eigenvalue weighted by atomic mass is 16.6. The number of likely N-dealkylation sites (tertiary alicyclic amines) is 1. The largest absolute Gasteiger partial charge is 0.502 e. The van der Waals surface area contributed by atoms with E-state index in [1.165, 1.54) is 18.2 Å². The van der Waals surface area contributed by atoms with Crippen molar-refractivity contribution in [2.75, 3.05) is 20.1 Å². The minimum absolute atomic E-state index is 0.0000813.